The molecule has 1 amide bonds. The molecule has 0 saturated heterocycles. The summed E-state index contributed by atoms with van der Waals surface area (Å²) in [6, 6.07) is 4.61. The van der Waals surface area contributed by atoms with Crippen molar-refractivity contribution in [2.75, 3.05) is 0 Å². The molecular weight excluding hydrogens is 216 g/mol. The molecule has 4 N–H and O–H groups in total. The molecule has 0 aliphatic heterocycles. The van der Waals surface area contributed by atoms with Gasteiger partial charge in [-0.3, -0.25) is 4.79 Å². The van der Waals surface area contributed by atoms with Crippen LogP contribution in [-0.2, 0) is 11.3 Å². The van der Waals surface area contributed by atoms with E-state index < -0.39 is 11.9 Å². The summed E-state index contributed by atoms with van der Waals surface area (Å²) >= 11 is 5.72. The number of phenolic OH excluding ortho intramolecular Hbond substituents is 1. The number of para-hydroxylation sites is 1. The lowest BCUT2D eigenvalue weighted by Gasteiger charge is -2.11. The number of amides is 1. The average molecular weight is 229 g/mol. The molecule has 1 rings (SSSR count). The van der Waals surface area contributed by atoms with Crippen LogP contribution in [0.5, 0.6) is 5.75 Å². The van der Waals surface area contributed by atoms with E-state index in [0.717, 1.165) is 0 Å². The van der Waals surface area contributed by atoms with Crippen LogP contribution in [0.3, 0.4) is 0 Å². The van der Waals surface area contributed by atoms with Gasteiger partial charge in [0.2, 0.25) is 5.91 Å². The van der Waals surface area contributed by atoms with Gasteiger partial charge in [-0.05, 0) is 13.0 Å². The largest absolute Gasteiger partial charge is 0.506 e. The van der Waals surface area contributed by atoms with Gasteiger partial charge in [0.1, 0.15) is 5.75 Å². The lowest BCUT2D eigenvalue weighted by Crippen LogP contribution is -2.38. The predicted octanol–water partition coefficient (Wildman–Crippen LogP) is 1.01. The van der Waals surface area contributed by atoms with Crippen molar-refractivity contribution in [2.45, 2.75) is 19.5 Å². The summed E-state index contributed by atoms with van der Waals surface area (Å²) in [6.45, 7) is 2.00. The molecule has 1 atom stereocenters. The maximum absolute atomic E-state index is 10.7. The van der Waals surface area contributed by atoms with Gasteiger partial charge in [0.15, 0.2) is 0 Å². The van der Waals surface area contributed by atoms with Crippen LogP contribution in [0.25, 0.3) is 0 Å². The Morgan fingerprint density at radius 2 is 2.33 bits per heavy atom. The Kier molecular flexibility index (Phi) is 3.94. The second-order valence-electron chi connectivity index (χ2n) is 3.25. The highest BCUT2D eigenvalue weighted by Crippen LogP contribution is 2.26. The van der Waals surface area contributed by atoms with Crippen LogP contribution in [0.15, 0.2) is 18.2 Å². The highest BCUT2D eigenvalue weighted by atomic mass is 35.5. The number of phenols is 1. The number of hydrogen-bond donors (Lipinski definition) is 3. The molecule has 1 aromatic carbocycles. The zero-order valence-electron chi connectivity index (χ0n) is 8.33. The van der Waals surface area contributed by atoms with Gasteiger partial charge in [-0.2, -0.15) is 0 Å². The molecule has 0 saturated carbocycles. The number of hydrogen-bond acceptors (Lipinski definition) is 3. The SMILES string of the molecule is C[C@H](NCc1cccc(Cl)c1O)C(N)=O. The monoisotopic (exact) mass is 228 g/mol. The number of halogens is 1. The lowest BCUT2D eigenvalue weighted by molar-refractivity contribution is -0.119. The zero-order chi connectivity index (χ0) is 11.4. The first kappa shape index (κ1) is 11.8. The number of nitrogens with two attached hydrogens (primary N) is 1. The van der Waals surface area contributed by atoms with Gasteiger partial charge in [-0.1, -0.05) is 23.7 Å². The molecule has 0 unspecified atom stereocenters. The third-order valence-electron chi connectivity index (χ3n) is 2.10. The van der Waals surface area contributed by atoms with Crippen molar-refractivity contribution in [3.05, 3.63) is 28.8 Å². The van der Waals surface area contributed by atoms with E-state index >= 15 is 0 Å². The molecule has 82 valence electrons. The Morgan fingerprint density at radius 1 is 1.67 bits per heavy atom. The molecule has 5 heteroatoms. The van der Waals surface area contributed by atoms with Gasteiger partial charge >= 0.3 is 0 Å². The van der Waals surface area contributed by atoms with Crippen molar-refractivity contribution in [1.29, 1.82) is 0 Å². The molecule has 0 aliphatic carbocycles. The molecule has 15 heavy (non-hydrogen) atoms. The first-order valence-electron chi connectivity index (χ1n) is 4.51. The van der Waals surface area contributed by atoms with Crippen LogP contribution in [-0.4, -0.2) is 17.1 Å². The topological polar surface area (TPSA) is 75.3 Å². The molecule has 1 aromatic rings. The minimum atomic E-state index is -0.441. The van der Waals surface area contributed by atoms with Gasteiger partial charge in [0.05, 0.1) is 11.1 Å². The van der Waals surface area contributed by atoms with Gasteiger partial charge in [0, 0.05) is 12.1 Å². The molecule has 0 aromatic heterocycles. The molecule has 0 radical (unpaired) electrons. The highest BCUT2D eigenvalue weighted by molar-refractivity contribution is 6.32. The summed E-state index contributed by atoms with van der Waals surface area (Å²) in [5, 5.41) is 12.7. The number of benzene rings is 1. The van der Waals surface area contributed by atoms with Gasteiger partial charge < -0.3 is 16.2 Å². The Bertz CT molecular complexity index is 368. The Balaban J connectivity index is 2.66. The molecule has 0 bridgehead atoms. The molecule has 0 aliphatic rings. The fraction of sp³-hybridized carbons (Fsp3) is 0.300. The zero-order valence-corrected chi connectivity index (χ0v) is 9.08. The van der Waals surface area contributed by atoms with Crippen molar-refractivity contribution < 1.29 is 9.90 Å². The summed E-state index contributed by atoms with van der Waals surface area (Å²) in [4.78, 5) is 10.7. The summed E-state index contributed by atoms with van der Waals surface area (Å²) < 4.78 is 0. The first-order valence-corrected chi connectivity index (χ1v) is 4.89. The number of nitrogens with one attached hydrogen (secondary N) is 1. The standard InChI is InChI=1S/C10H13ClN2O2/c1-6(10(12)15)13-5-7-3-2-4-8(11)9(7)14/h2-4,6,13-14H,5H2,1H3,(H2,12,15)/t6-/m0/s1. The Labute approximate surface area is 93.0 Å². The first-order chi connectivity index (χ1) is 7.02. The lowest BCUT2D eigenvalue weighted by atomic mass is 10.2. The normalized spacial score (nSPS) is 12.4. The minimum Gasteiger partial charge on any atom is -0.506 e. The number of rotatable bonds is 4. The Morgan fingerprint density at radius 3 is 2.93 bits per heavy atom. The van der Waals surface area contributed by atoms with Crippen molar-refractivity contribution in [2.24, 2.45) is 5.73 Å². The van der Waals surface area contributed by atoms with Gasteiger partial charge in [-0.15, -0.1) is 0 Å². The van der Waals surface area contributed by atoms with Gasteiger partial charge in [-0.25, -0.2) is 0 Å². The van der Waals surface area contributed by atoms with E-state index in [1.807, 2.05) is 0 Å². The van der Waals surface area contributed by atoms with Crippen LogP contribution < -0.4 is 11.1 Å². The second-order valence-corrected chi connectivity index (χ2v) is 3.66. The van der Waals surface area contributed by atoms with Crippen molar-refractivity contribution in [1.82, 2.24) is 5.32 Å². The van der Waals surface area contributed by atoms with E-state index in [9.17, 15) is 9.90 Å². The van der Waals surface area contributed by atoms with E-state index in [1.54, 1.807) is 25.1 Å². The smallest absolute Gasteiger partial charge is 0.234 e. The summed E-state index contributed by atoms with van der Waals surface area (Å²) in [5.41, 5.74) is 5.71. The molecule has 0 spiro atoms. The van der Waals surface area contributed by atoms with E-state index in [2.05, 4.69) is 5.32 Å². The van der Waals surface area contributed by atoms with Crippen molar-refractivity contribution in [3.63, 3.8) is 0 Å². The van der Waals surface area contributed by atoms with Crippen LogP contribution in [0.2, 0.25) is 5.02 Å². The summed E-state index contributed by atoms with van der Waals surface area (Å²) in [5.74, 6) is -0.403. The van der Waals surface area contributed by atoms with Crippen LogP contribution >= 0.6 is 11.6 Å². The van der Waals surface area contributed by atoms with E-state index in [1.165, 1.54) is 0 Å². The van der Waals surface area contributed by atoms with Crippen molar-refractivity contribution in [3.8, 4) is 5.75 Å². The maximum atomic E-state index is 10.7. The highest BCUT2D eigenvalue weighted by Gasteiger charge is 2.09. The van der Waals surface area contributed by atoms with E-state index in [-0.39, 0.29) is 5.75 Å². The van der Waals surface area contributed by atoms with Crippen LogP contribution in [0, 0.1) is 0 Å². The second kappa shape index (κ2) is 5.00. The Hall–Kier alpha value is -1.26. The quantitative estimate of drug-likeness (QED) is 0.720. The third kappa shape index (κ3) is 3.11. The number of carbonyl (C=O) groups excluding carboxylic acids is 1. The van der Waals surface area contributed by atoms with Crippen LogP contribution in [0.4, 0.5) is 0 Å². The molecule has 4 nitrogen and oxygen atoms in total. The van der Waals surface area contributed by atoms with E-state index in [0.29, 0.717) is 17.1 Å². The van der Waals surface area contributed by atoms with Crippen molar-refractivity contribution >= 4 is 17.5 Å². The van der Waals surface area contributed by atoms with E-state index in [4.69, 9.17) is 17.3 Å². The maximum Gasteiger partial charge on any atom is 0.234 e. The third-order valence-corrected chi connectivity index (χ3v) is 2.40. The number of aromatic hydroxyl groups is 1. The average Bonchev–Trinajstić information content (AvgIpc) is 2.19. The summed E-state index contributed by atoms with van der Waals surface area (Å²) in [6.07, 6.45) is 0. The molecular formula is C10H13ClN2O2. The number of carbonyl (C=O) groups is 1. The molecule has 0 heterocycles. The molecule has 0 fully saturated rings. The fourth-order valence-corrected chi connectivity index (χ4v) is 1.26. The van der Waals surface area contributed by atoms with Crippen LogP contribution in [0.1, 0.15) is 12.5 Å². The summed E-state index contributed by atoms with van der Waals surface area (Å²) in [7, 11) is 0. The number of primary amides is 1. The fourth-order valence-electron chi connectivity index (χ4n) is 1.07. The van der Waals surface area contributed by atoms with Gasteiger partial charge in [0.25, 0.3) is 0 Å². The minimum absolute atomic E-state index is 0.0309. The predicted molar refractivity (Wildman–Crippen MR) is 58.6 cm³/mol.